The number of aromatic carboxylic acids is 1. The Kier molecular flexibility index (Phi) is 3.93. The number of aromatic nitrogens is 6. The summed E-state index contributed by atoms with van der Waals surface area (Å²) in [5.74, 6) is -1.90. The zero-order valence-electron chi connectivity index (χ0n) is 13.2. The Hall–Kier alpha value is -3.69. The fraction of sp³-hybridized carbons (Fsp3) is 0.133. The van der Waals surface area contributed by atoms with Crippen molar-refractivity contribution < 1.29 is 14.7 Å². The number of carboxylic acids is 1. The summed E-state index contributed by atoms with van der Waals surface area (Å²) in [6.07, 6.45) is 4.41. The highest BCUT2D eigenvalue weighted by Crippen LogP contribution is 2.18. The molecule has 0 aromatic carbocycles. The smallest absolute Gasteiger partial charge is 0.356 e. The predicted octanol–water partition coefficient (Wildman–Crippen LogP) is 0.324. The van der Waals surface area contributed by atoms with Crippen LogP contribution >= 0.6 is 0 Å². The molecule has 1 N–H and O–H groups in total. The highest BCUT2D eigenvalue weighted by atomic mass is 16.4. The second kappa shape index (κ2) is 6.07. The Morgan fingerprint density at radius 1 is 1.16 bits per heavy atom. The molecule has 3 aromatic rings. The highest BCUT2D eigenvalue weighted by Gasteiger charge is 2.17. The monoisotopic (exact) mass is 340 g/mol. The molecule has 10 heteroatoms. The van der Waals surface area contributed by atoms with Gasteiger partial charge in [0.25, 0.3) is 5.56 Å². The van der Waals surface area contributed by atoms with Gasteiger partial charge >= 0.3 is 5.97 Å². The Balaban J connectivity index is 2.23. The average molecular weight is 340 g/mol. The van der Waals surface area contributed by atoms with Crippen LogP contribution in [-0.4, -0.2) is 46.6 Å². The van der Waals surface area contributed by atoms with E-state index in [0.29, 0.717) is 11.3 Å². The maximum absolute atomic E-state index is 12.5. The number of hydrogen-bond donors (Lipinski definition) is 1. The molecule has 0 saturated carbocycles. The molecule has 10 nitrogen and oxygen atoms in total. The van der Waals surface area contributed by atoms with Crippen molar-refractivity contribution in [3.8, 4) is 16.9 Å². The lowest BCUT2D eigenvalue weighted by Gasteiger charge is -2.09. The number of carbonyl (C=O) groups excluding carboxylic acids is 1. The molecule has 3 heterocycles. The molecule has 3 aromatic heterocycles. The molecule has 0 saturated heterocycles. The Labute approximate surface area is 140 Å². The number of hydrogen-bond acceptors (Lipinski definition) is 7. The zero-order valence-corrected chi connectivity index (χ0v) is 13.2. The number of pyridine rings is 1. The topological polar surface area (TPSA) is 133 Å². The summed E-state index contributed by atoms with van der Waals surface area (Å²) in [6.45, 7) is 1.18. The summed E-state index contributed by atoms with van der Waals surface area (Å²) >= 11 is 0. The van der Waals surface area contributed by atoms with E-state index in [2.05, 4.69) is 20.4 Å². The molecule has 25 heavy (non-hydrogen) atoms. The summed E-state index contributed by atoms with van der Waals surface area (Å²) in [7, 11) is 1.69. The molecule has 0 aliphatic heterocycles. The Bertz CT molecular complexity index is 1050. The molecule has 3 rings (SSSR count). The van der Waals surface area contributed by atoms with Crippen molar-refractivity contribution >= 4 is 11.8 Å². The zero-order chi connectivity index (χ0) is 18.1. The SMILES string of the molecule is CC(=O)c1cc(C(=O)O)nn(-c2cncc(-c3cnnn3C)c2)c1=O. The first-order valence-electron chi connectivity index (χ1n) is 7.07. The van der Waals surface area contributed by atoms with Gasteiger partial charge in [-0.15, -0.1) is 5.10 Å². The minimum Gasteiger partial charge on any atom is -0.476 e. The van der Waals surface area contributed by atoms with Crippen LogP contribution in [0.3, 0.4) is 0 Å². The van der Waals surface area contributed by atoms with E-state index < -0.39 is 23.0 Å². The van der Waals surface area contributed by atoms with Crippen molar-refractivity contribution in [3.05, 3.63) is 52.3 Å². The molecule has 126 valence electrons. The summed E-state index contributed by atoms with van der Waals surface area (Å²) < 4.78 is 2.37. The molecule has 0 unspecified atom stereocenters. The lowest BCUT2D eigenvalue weighted by Crippen LogP contribution is -2.29. The number of carbonyl (C=O) groups is 2. The molecule has 0 aliphatic carbocycles. The number of carboxylic acid groups (broad SMARTS) is 1. The summed E-state index contributed by atoms with van der Waals surface area (Å²) in [4.78, 5) is 39.4. The normalized spacial score (nSPS) is 10.6. The van der Waals surface area contributed by atoms with Crippen molar-refractivity contribution in [2.45, 2.75) is 6.92 Å². The van der Waals surface area contributed by atoms with Crippen molar-refractivity contribution in [1.82, 2.24) is 29.8 Å². The summed E-state index contributed by atoms with van der Waals surface area (Å²) in [6, 6.07) is 2.54. The van der Waals surface area contributed by atoms with Gasteiger partial charge in [-0.2, -0.15) is 9.78 Å². The lowest BCUT2D eigenvalue weighted by molar-refractivity contribution is 0.0688. The Morgan fingerprint density at radius 3 is 2.52 bits per heavy atom. The molecule has 0 atom stereocenters. The van der Waals surface area contributed by atoms with Gasteiger partial charge in [0.2, 0.25) is 0 Å². The van der Waals surface area contributed by atoms with Crippen molar-refractivity contribution in [3.63, 3.8) is 0 Å². The van der Waals surface area contributed by atoms with Gasteiger partial charge in [-0.25, -0.2) is 9.48 Å². The van der Waals surface area contributed by atoms with Crippen LogP contribution in [-0.2, 0) is 7.05 Å². The van der Waals surface area contributed by atoms with Gasteiger partial charge in [0.05, 0.1) is 29.3 Å². The van der Waals surface area contributed by atoms with Gasteiger partial charge in [-0.05, 0) is 19.1 Å². The lowest BCUT2D eigenvalue weighted by atomic mass is 10.2. The minimum absolute atomic E-state index is 0.217. The standard InChI is InChI=1S/C15H12N6O4/c1-8(22)11-4-12(15(24)25)18-21(14(11)23)10-3-9(5-16-6-10)13-7-17-19-20(13)2/h3-7H,1-2H3,(H,24,25). The average Bonchev–Trinajstić information content (AvgIpc) is 3.00. The highest BCUT2D eigenvalue weighted by molar-refractivity contribution is 5.96. The van der Waals surface area contributed by atoms with Crippen LogP contribution in [0.1, 0.15) is 27.8 Å². The van der Waals surface area contributed by atoms with Crippen LogP contribution in [0.15, 0.2) is 35.5 Å². The minimum atomic E-state index is -1.35. The van der Waals surface area contributed by atoms with Crippen LogP contribution < -0.4 is 5.56 Å². The van der Waals surface area contributed by atoms with Crippen LogP contribution in [0.25, 0.3) is 16.9 Å². The first kappa shape index (κ1) is 16.2. The molecule has 0 aliphatic rings. The van der Waals surface area contributed by atoms with Crippen LogP contribution in [0.2, 0.25) is 0 Å². The van der Waals surface area contributed by atoms with Crippen LogP contribution in [0.5, 0.6) is 0 Å². The fourth-order valence-corrected chi connectivity index (χ4v) is 2.26. The number of aryl methyl sites for hydroxylation is 1. The van der Waals surface area contributed by atoms with E-state index in [9.17, 15) is 14.4 Å². The largest absolute Gasteiger partial charge is 0.476 e. The second-order valence-corrected chi connectivity index (χ2v) is 5.20. The molecule has 0 spiro atoms. The van der Waals surface area contributed by atoms with Gasteiger partial charge in [0.1, 0.15) is 0 Å². The van der Waals surface area contributed by atoms with Gasteiger partial charge in [-0.3, -0.25) is 14.6 Å². The van der Waals surface area contributed by atoms with E-state index in [1.165, 1.54) is 24.0 Å². The fourth-order valence-electron chi connectivity index (χ4n) is 2.26. The van der Waals surface area contributed by atoms with Crippen molar-refractivity contribution in [2.75, 3.05) is 0 Å². The molecule has 0 bridgehead atoms. The molecule has 0 amide bonds. The van der Waals surface area contributed by atoms with Crippen molar-refractivity contribution in [1.29, 1.82) is 0 Å². The number of rotatable bonds is 4. The van der Waals surface area contributed by atoms with Gasteiger partial charge in [-0.1, -0.05) is 5.21 Å². The number of ketones is 1. The molecular formula is C15H12N6O4. The molecular weight excluding hydrogens is 328 g/mol. The number of nitrogens with zero attached hydrogens (tertiary/aromatic N) is 6. The first-order chi connectivity index (χ1) is 11.9. The second-order valence-electron chi connectivity index (χ2n) is 5.20. The first-order valence-corrected chi connectivity index (χ1v) is 7.07. The van der Waals surface area contributed by atoms with E-state index >= 15 is 0 Å². The van der Waals surface area contributed by atoms with Gasteiger partial charge in [0, 0.05) is 18.8 Å². The van der Waals surface area contributed by atoms with Crippen LogP contribution in [0, 0.1) is 0 Å². The summed E-state index contributed by atoms with van der Waals surface area (Å²) in [5.41, 5.74) is 0.0543. The molecule has 0 fully saturated rings. The predicted molar refractivity (Wildman–Crippen MR) is 84.6 cm³/mol. The third kappa shape index (κ3) is 2.92. The summed E-state index contributed by atoms with van der Waals surface area (Å²) in [5, 5.41) is 20.6. The maximum Gasteiger partial charge on any atom is 0.356 e. The van der Waals surface area contributed by atoms with Gasteiger partial charge in [0.15, 0.2) is 11.5 Å². The van der Waals surface area contributed by atoms with Crippen molar-refractivity contribution in [2.24, 2.45) is 7.05 Å². The van der Waals surface area contributed by atoms with Crippen LogP contribution in [0.4, 0.5) is 0 Å². The Morgan fingerprint density at radius 2 is 1.92 bits per heavy atom. The third-order valence-corrected chi connectivity index (χ3v) is 3.49. The third-order valence-electron chi connectivity index (χ3n) is 3.49. The maximum atomic E-state index is 12.5. The van der Waals surface area contributed by atoms with E-state index in [0.717, 1.165) is 10.7 Å². The van der Waals surface area contributed by atoms with E-state index in [1.807, 2.05) is 0 Å². The number of Topliss-reactive ketones (excluding diaryl/α,β-unsaturated/α-hetero) is 1. The molecule has 0 radical (unpaired) electrons. The quantitative estimate of drug-likeness (QED) is 0.671. The van der Waals surface area contributed by atoms with E-state index in [-0.39, 0.29) is 11.3 Å². The van der Waals surface area contributed by atoms with E-state index in [1.54, 1.807) is 19.3 Å². The van der Waals surface area contributed by atoms with E-state index in [4.69, 9.17) is 5.11 Å². The van der Waals surface area contributed by atoms with Gasteiger partial charge < -0.3 is 5.11 Å².